The molecule has 26 heavy (non-hydrogen) atoms. The number of carbonyl (C=O) groups is 1. The fourth-order valence-corrected chi connectivity index (χ4v) is 4.34. The van der Waals surface area contributed by atoms with E-state index in [2.05, 4.69) is 4.99 Å². The van der Waals surface area contributed by atoms with Gasteiger partial charge in [-0.25, -0.2) is 4.39 Å². The maximum absolute atomic E-state index is 14.1. The van der Waals surface area contributed by atoms with E-state index in [1.807, 2.05) is 44.2 Å². The van der Waals surface area contributed by atoms with Crippen molar-refractivity contribution in [3.05, 3.63) is 70.5 Å². The van der Waals surface area contributed by atoms with Crippen LogP contribution in [-0.2, 0) is 17.8 Å². The van der Waals surface area contributed by atoms with Crippen molar-refractivity contribution in [1.82, 2.24) is 4.90 Å². The molecule has 0 unspecified atom stereocenters. The van der Waals surface area contributed by atoms with E-state index in [9.17, 15) is 9.18 Å². The molecule has 0 bridgehead atoms. The zero-order chi connectivity index (χ0) is 18.7. The van der Waals surface area contributed by atoms with Crippen molar-refractivity contribution >= 4 is 34.4 Å². The van der Waals surface area contributed by atoms with Gasteiger partial charge in [-0.2, -0.15) is 0 Å². The molecule has 0 spiro atoms. The topological polar surface area (TPSA) is 32.7 Å². The molecule has 2 aromatic rings. The summed E-state index contributed by atoms with van der Waals surface area (Å²) in [7, 11) is 0. The Balaban J connectivity index is 1.83. The van der Waals surface area contributed by atoms with Crippen LogP contribution in [0.4, 0.5) is 4.39 Å². The highest BCUT2D eigenvalue weighted by Gasteiger charge is 2.41. The molecule has 1 fully saturated rings. The van der Waals surface area contributed by atoms with E-state index in [1.54, 1.807) is 22.7 Å². The van der Waals surface area contributed by atoms with Gasteiger partial charge < -0.3 is 0 Å². The summed E-state index contributed by atoms with van der Waals surface area (Å²) in [5.74, 6) is 0.0919. The SMILES string of the molecule is CC1(C)CSC(=NCc2ccccc2)N1C(=O)Cc1c(F)cccc1Cl. The molecule has 0 radical (unpaired) electrons. The molecule has 1 aliphatic heterocycles. The highest BCUT2D eigenvalue weighted by atomic mass is 35.5. The standard InChI is InChI=1S/C20H20ClFN2OS/c1-20(2)13-26-19(23-12-14-7-4-3-5-8-14)24(20)18(25)11-15-16(21)9-6-10-17(15)22/h3-10H,11-13H2,1-2H3. The average Bonchev–Trinajstić information content (AvgIpc) is 2.92. The first-order valence-electron chi connectivity index (χ1n) is 8.35. The first-order valence-corrected chi connectivity index (χ1v) is 9.72. The summed E-state index contributed by atoms with van der Waals surface area (Å²) in [6.45, 7) is 4.49. The van der Waals surface area contributed by atoms with Crippen LogP contribution in [0.1, 0.15) is 25.0 Å². The number of carbonyl (C=O) groups excluding carboxylic acids is 1. The molecule has 0 aliphatic carbocycles. The lowest BCUT2D eigenvalue weighted by molar-refractivity contribution is -0.129. The first-order chi connectivity index (χ1) is 12.4. The summed E-state index contributed by atoms with van der Waals surface area (Å²) in [5, 5.41) is 0.946. The fourth-order valence-electron chi connectivity index (χ4n) is 2.86. The zero-order valence-corrected chi connectivity index (χ0v) is 16.3. The minimum Gasteiger partial charge on any atom is -0.285 e. The van der Waals surface area contributed by atoms with Crippen LogP contribution < -0.4 is 0 Å². The van der Waals surface area contributed by atoms with Gasteiger partial charge in [0.05, 0.1) is 18.5 Å². The number of hydrogen-bond donors (Lipinski definition) is 0. The third kappa shape index (κ3) is 4.10. The largest absolute Gasteiger partial charge is 0.285 e. The quantitative estimate of drug-likeness (QED) is 0.741. The molecule has 3 rings (SSSR count). The zero-order valence-electron chi connectivity index (χ0n) is 14.7. The Morgan fingerprint density at radius 1 is 1.23 bits per heavy atom. The van der Waals surface area contributed by atoms with Crippen molar-refractivity contribution in [3.63, 3.8) is 0 Å². The summed E-state index contributed by atoms with van der Waals surface area (Å²) >= 11 is 7.64. The fraction of sp³-hybridized carbons (Fsp3) is 0.300. The molecule has 3 nitrogen and oxygen atoms in total. The van der Waals surface area contributed by atoms with Crippen molar-refractivity contribution in [2.24, 2.45) is 4.99 Å². The highest BCUT2D eigenvalue weighted by Crippen LogP contribution is 2.34. The lowest BCUT2D eigenvalue weighted by atomic mass is 10.0. The van der Waals surface area contributed by atoms with Gasteiger partial charge in [-0.1, -0.05) is 59.8 Å². The van der Waals surface area contributed by atoms with Gasteiger partial charge in [-0.15, -0.1) is 0 Å². The number of benzene rings is 2. The van der Waals surface area contributed by atoms with Crippen LogP contribution in [0, 0.1) is 5.82 Å². The van der Waals surface area contributed by atoms with Crippen LogP contribution in [0.3, 0.4) is 0 Å². The van der Waals surface area contributed by atoms with Gasteiger partial charge in [0.1, 0.15) is 5.82 Å². The molecular formula is C20H20ClFN2OS. The smallest absolute Gasteiger partial charge is 0.233 e. The maximum Gasteiger partial charge on any atom is 0.233 e. The van der Waals surface area contributed by atoms with Crippen molar-refractivity contribution in [2.45, 2.75) is 32.4 Å². The van der Waals surface area contributed by atoms with E-state index < -0.39 is 5.82 Å². The summed E-state index contributed by atoms with van der Waals surface area (Å²) in [4.78, 5) is 19.3. The second-order valence-corrected chi connectivity index (χ2v) is 8.14. The Kier molecular flexibility index (Phi) is 5.68. The van der Waals surface area contributed by atoms with Gasteiger partial charge in [0.2, 0.25) is 5.91 Å². The molecule has 0 N–H and O–H groups in total. The molecule has 1 saturated heterocycles. The predicted octanol–water partition coefficient (Wildman–Crippen LogP) is 4.93. The number of hydrogen-bond acceptors (Lipinski definition) is 3. The molecule has 1 aliphatic rings. The molecule has 1 heterocycles. The van der Waals surface area contributed by atoms with Crippen LogP contribution in [0.2, 0.25) is 5.02 Å². The number of rotatable bonds is 4. The van der Waals surface area contributed by atoms with E-state index in [-0.39, 0.29) is 28.5 Å². The van der Waals surface area contributed by atoms with Gasteiger partial charge in [0.25, 0.3) is 0 Å². The summed E-state index contributed by atoms with van der Waals surface area (Å²) in [6.07, 6.45) is -0.0835. The minimum atomic E-state index is -0.460. The van der Waals surface area contributed by atoms with Crippen LogP contribution in [0.5, 0.6) is 0 Å². The molecular weight excluding hydrogens is 371 g/mol. The molecule has 136 valence electrons. The lowest BCUT2D eigenvalue weighted by Gasteiger charge is -2.30. The number of nitrogens with zero attached hydrogens (tertiary/aromatic N) is 2. The molecule has 0 atom stereocenters. The Morgan fingerprint density at radius 2 is 1.96 bits per heavy atom. The lowest BCUT2D eigenvalue weighted by Crippen LogP contribution is -2.47. The monoisotopic (exact) mass is 390 g/mol. The molecule has 1 amide bonds. The third-order valence-corrected chi connectivity index (χ3v) is 6.00. The highest BCUT2D eigenvalue weighted by molar-refractivity contribution is 8.14. The number of aliphatic imine (C=N–C) groups is 1. The molecule has 0 aromatic heterocycles. The van der Waals surface area contributed by atoms with E-state index in [0.717, 1.165) is 11.3 Å². The van der Waals surface area contributed by atoms with E-state index >= 15 is 0 Å². The summed E-state index contributed by atoms with van der Waals surface area (Å²) in [5.41, 5.74) is 0.929. The second-order valence-electron chi connectivity index (χ2n) is 6.79. The third-order valence-electron chi connectivity index (χ3n) is 4.23. The average molecular weight is 391 g/mol. The van der Waals surface area contributed by atoms with Crippen molar-refractivity contribution < 1.29 is 9.18 Å². The predicted molar refractivity (Wildman–Crippen MR) is 106 cm³/mol. The van der Waals surface area contributed by atoms with Crippen molar-refractivity contribution in [1.29, 1.82) is 0 Å². The van der Waals surface area contributed by atoms with E-state index in [4.69, 9.17) is 11.6 Å². The van der Waals surface area contributed by atoms with E-state index in [0.29, 0.717) is 11.7 Å². The number of amides is 1. The van der Waals surface area contributed by atoms with Crippen LogP contribution in [-0.4, -0.2) is 27.3 Å². The first kappa shape index (κ1) is 18.9. The maximum atomic E-state index is 14.1. The Bertz CT molecular complexity index is 819. The number of thioether (sulfide) groups is 1. The summed E-state index contributed by atoms with van der Waals surface area (Å²) in [6, 6.07) is 14.3. The Morgan fingerprint density at radius 3 is 2.65 bits per heavy atom. The number of amidine groups is 1. The van der Waals surface area contributed by atoms with Crippen LogP contribution >= 0.6 is 23.4 Å². The summed E-state index contributed by atoms with van der Waals surface area (Å²) < 4.78 is 14.1. The molecule has 0 saturated carbocycles. The number of halogens is 2. The molecule has 2 aromatic carbocycles. The second kappa shape index (κ2) is 7.80. The van der Waals surface area contributed by atoms with Crippen molar-refractivity contribution in [3.8, 4) is 0 Å². The van der Waals surface area contributed by atoms with Gasteiger partial charge in [0.15, 0.2) is 5.17 Å². The van der Waals surface area contributed by atoms with Gasteiger partial charge in [0, 0.05) is 16.3 Å². The Labute approximate surface area is 162 Å². The van der Waals surface area contributed by atoms with Gasteiger partial charge in [-0.3, -0.25) is 14.7 Å². The molecule has 6 heteroatoms. The Hall–Kier alpha value is -1.85. The minimum absolute atomic E-state index is 0.0835. The van der Waals surface area contributed by atoms with E-state index in [1.165, 1.54) is 12.1 Å². The normalized spacial score (nSPS) is 17.7. The van der Waals surface area contributed by atoms with Crippen LogP contribution in [0.15, 0.2) is 53.5 Å². The van der Waals surface area contributed by atoms with Crippen molar-refractivity contribution in [2.75, 3.05) is 5.75 Å². The van der Waals surface area contributed by atoms with Crippen LogP contribution in [0.25, 0.3) is 0 Å². The van der Waals surface area contributed by atoms with Gasteiger partial charge >= 0.3 is 0 Å². The van der Waals surface area contributed by atoms with Gasteiger partial charge in [-0.05, 0) is 31.5 Å².